The summed E-state index contributed by atoms with van der Waals surface area (Å²) < 4.78 is 24.0. The predicted molar refractivity (Wildman–Crippen MR) is 127 cm³/mol. The molecule has 1 aliphatic heterocycles. The summed E-state index contributed by atoms with van der Waals surface area (Å²) in [6.45, 7) is 0.861. The van der Waals surface area contributed by atoms with Gasteiger partial charge in [0.15, 0.2) is 0 Å². The van der Waals surface area contributed by atoms with Gasteiger partial charge in [0.2, 0.25) is 5.95 Å². The van der Waals surface area contributed by atoms with Crippen molar-refractivity contribution in [1.29, 1.82) is 0 Å². The number of ether oxygens (including phenoxy) is 2. The molecule has 0 spiro atoms. The molecule has 1 saturated heterocycles. The standard InChI is InChI=1S/C22H30FN7O4/c1-29(2)20-24-8-7-19(28-20)30-14-15(23)11-18(30)13-25-21(31)26-16-5-4-6-17(12-16)27-22(32)34-10-9-33-3/h4-8,12,15,18H,9-11,13-14H2,1-3H3,(H,27,32)(H2,25,26,31)/t15-,18-/m0/s1. The first-order valence-electron chi connectivity index (χ1n) is 10.8. The first-order chi connectivity index (χ1) is 16.4. The second-order valence-electron chi connectivity index (χ2n) is 7.92. The fourth-order valence-corrected chi connectivity index (χ4v) is 3.48. The van der Waals surface area contributed by atoms with Gasteiger partial charge in [-0.15, -0.1) is 0 Å². The number of benzene rings is 1. The minimum absolute atomic E-state index is 0.131. The lowest BCUT2D eigenvalue weighted by Crippen LogP contribution is -2.42. The highest BCUT2D eigenvalue weighted by atomic mass is 19.1. The van der Waals surface area contributed by atoms with Crippen molar-refractivity contribution in [3.05, 3.63) is 36.5 Å². The van der Waals surface area contributed by atoms with Crippen molar-refractivity contribution in [2.45, 2.75) is 18.6 Å². The van der Waals surface area contributed by atoms with E-state index in [0.29, 0.717) is 29.7 Å². The third-order valence-electron chi connectivity index (χ3n) is 5.07. The van der Waals surface area contributed by atoms with Gasteiger partial charge in [-0.05, 0) is 24.3 Å². The molecule has 2 aromatic rings. The van der Waals surface area contributed by atoms with Gasteiger partial charge in [0.25, 0.3) is 0 Å². The van der Waals surface area contributed by atoms with Crippen molar-refractivity contribution < 1.29 is 23.5 Å². The summed E-state index contributed by atoms with van der Waals surface area (Å²) in [5.41, 5.74) is 0.938. The van der Waals surface area contributed by atoms with Gasteiger partial charge >= 0.3 is 12.1 Å². The van der Waals surface area contributed by atoms with Crippen molar-refractivity contribution >= 4 is 35.3 Å². The van der Waals surface area contributed by atoms with Gasteiger partial charge in [-0.1, -0.05) is 6.07 Å². The number of methoxy groups -OCH3 is 1. The zero-order chi connectivity index (χ0) is 24.5. The lowest BCUT2D eigenvalue weighted by Gasteiger charge is -2.26. The number of aromatic nitrogens is 2. The minimum Gasteiger partial charge on any atom is -0.447 e. The molecule has 184 valence electrons. The van der Waals surface area contributed by atoms with Crippen LogP contribution in [0.25, 0.3) is 0 Å². The van der Waals surface area contributed by atoms with Gasteiger partial charge in [0.05, 0.1) is 19.2 Å². The van der Waals surface area contributed by atoms with Gasteiger partial charge in [-0.3, -0.25) is 5.32 Å². The zero-order valence-electron chi connectivity index (χ0n) is 19.5. The van der Waals surface area contributed by atoms with Crippen LogP contribution in [0.5, 0.6) is 0 Å². The summed E-state index contributed by atoms with van der Waals surface area (Å²) in [5.74, 6) is 1.14. The van der Waals surface area contributed by atoms with Crippen LogP contribution < -0.4 is 25.8 Å². The average molecular weight is 476 g/mol. The molecular formula is C22H30FN7O4. The number of alkyl halides is 1. The minimum atomic E-state index is -1.01. The average Bonchev–Trinajstić information content (AvgIpc) is 3.18. The number of amides is 3. The number of nitrogens with zero attached hydrogens (tertiary/aromatic N) is 4. The Kier molecular flexibility index (Phi) is 8.79. The molecule has 0 aliphatic carbocycles. The van der Waals surface area contributed by atoms with E-state index in [1.807, 2.05) is 19.0 Å². The Bertz CT molecular complexity index is 978. The van der Waals surface area contributed by atoms with Crippen LogP contribution in [-0.2, 0) is 9.47 Å². The molecule has 34 heavy (non-hydrogen) atoms. The third kappa shape index (κ3) is 7.17. The molecule has 1 aromatic carbocycles. The maximum absolute atomic E-state index is 14.2. The summed E-state index contributed by atoms with van der Waals surface area (Å²) in [6.07, 6.45) is 0.281. The monoisotopic (exact) mass is 475 g/mol. The van der Waals surface area contributed by atoms with Crippen LogP contribution in [0.2, 0.25) is 0 Å². The van der Waals surface area contributed by atoms with E-state index in [0.717, 1.165) is 0 Å². The van der Waals surface area contributed by atoms with Crippen LogP contribution in [-0.4, -0.2) is 81.8 Å². The molecule has 3 rings (SSSR count). The SMILES string of the molecule is COCCOC(=O)Nc1cccc(NC(=O)NC[C@@H]2C[C@H](F)CN2c2ccnc(N(C)C)n2)c1. The van der Waals surface area contributed by atoms with Crippen LogP contribution in [0, 0.1) is 0 Å². The molecule has 1 aliphatic rings. The highest BCUT2D eigenvalue weighted by Gasteiger charge is 2.33. The van der Waals surface area contributed by atoms with Crippen LogP contribution in [0.3, 0.4) is 0 Å². The fraction of sp³-hybridized carbons (Fsp3) is 0.455. The number of nitrogens with one attached hydrogen (secondary N) is 3. The molecule has 12 heteroatoms. The molecule has 0 bridgehead atoms. The number of anilines is 4. The number of carbonyl (C=O) groups is 2. The van der Waals surface area contributed by atoms with E-state index < -0.39 is 18.3 Å². The number of urea groups is 1. The molecule has 0 radical (unpaired) electrons. The van der Waals surface area contributed by atoms with Crippen molar-refractivity contribution in [2.75, 3.05) is 67.9 Å². The van der Waals surface area contributed by atoms with Gasteiger partial charge in [-0.2, -0.15) is 4.98 Å². The van der Waals surface area contributed by atoms with E-state index in [1.165, 1.54) is 7.11 Å². The molecule has 2 atom stereocenters. The first-order valence-corrected chi connectivity index (χ1v) is 10.8. The smallest absolute Gasteiger partial charge is 0.411 e. The largest absolute Gasteiger partial charge is 0.447 e. The van der Waals surface area contributed by atoms with Crippen molar-refractivity contribution in [3.8, 4) is 0 Å². The van der Waals surface area contributed by atoms with Crippen molar-refractivity contribution in [3.63, 3.8) is 0 Å². The molecule has 1 fully saturated rings. The molecular weight excluding hydrogens is 445 g/mol. The number of carbonyl (C=O) groups excluding carboxylic acids is 2. The number of hydrogen-bond acceptors (Lipinski definition) is 8. The number of halogens is 1. The Labute approximate surface area is 197 Å². The summed E-state index contributed by atoms with van der Waals surface area (Å²) in [5, 5.41) is 8.08. The molecule has 3 amide bonds. The molecule has 2 heterocycles. The lowest BCUT2D eigenvalue weighted by atomic mass is 10.2. The van der Waals surface area contributed by atoms with E-state index in [1.54, 1.807) is 41.4 Å². The summed E-state index contributed by atoms with van der Waals surface area (Å²) in [6, 6.07) is 7.67. The van der Waals surface area contributed by atoms with Crippen molar-refractivity contribution in [2.24, 2.45) is 0 Å². The third-order valence-corrected chi connectivity index (χ3v) is 5.07. The van der Waals surface area contributed by atoms with Crippen LogP contribution >= 0.6 is 0 Å². The lowest BCUT2D eigenvalue weighted by molar-refractivity contribution is 0.107. The Morgan fingerprint density at radius 2 is 1.97 bits per heavy atom. The zero-order valence-corrected chi connectivity index (χ0v) is 19.5. The van der Waals surface area contributed by atoms with Crippen LogP contribution in [0.1, 0.15) is 6.42 Å². The highest BCUT2D eigenvalue weighted by Crippen LogP contribution is 2.26. The van der Waals surface area contributed by atoms with Gasteiger partial charge in [0.1, 0.15) is 18.6 Å². The molecule has 0 unspecified atom stereocenters. The summed E-state index contributed by atoms with van der Waals surface area (Å²) in [4.78, 5) is 36.5. The van der Waals surface area contributed by atoms with Crippen molar-refractivity contribution in [1.82, 2.24) is 15.3 Å². The quantitative estimate of drug-likeness (QED) is 0.473. The van der Waals surface area contributed by atoms with Gasteiger partial charge in [-0.25, -0.2) is 19.0 Å². The Hall–Kier alpha value is -3.67. The van der Waals surface area contributed by atoms with Gasteiger partial charge in [0, 0.05) is 51.7 Å². The second kappa shape index (κ2) is 12.0. The highest BCUT2D eigenvalue weighted by molar-refractivity contribution is 5.91. The second-order valence-corrected chi connectivity index (χ2v) is 7.92. The number of rotatable bonds is 9. The summed E-state index contributed by atoms with van der Waals surface area (Å²) in [7, 11) is 5.18. The molecule has 1 aromatic heterocycles. The number of hydrogen-bond donors (Lipinski definition) is 3. The summed E-state index contributed by atoms with van der Waals surface area (Å²) >= 11 is 0. The van der Waals surface area contributed by atoms with E-state index in [2.05, 4.69) is 25.9 Å². The topological polar surface area (TPSA) is 121 Å². The maximum Gasteiger partial charge on any atom is 0.411 e. The van der Waals surface area contributed by atoms with E-state index in [4.69, 9.17) is 9.47 Å². The van der Waals surface area contributed by atoms with E-state index in [9.17, 15) is 14.0 Å². The molecule has 0 saturated carbocycles. The molecule has 3 N–H and O–H groups in total. The van der Waals surface area contributed by atoms with E-state index >= 15 is 0 Å². The first kappa shape index (κ1) is 25.0. The Morgan fingerprint density at radius 3 is 2.71 bits per heavy atom. The fourth-order valence-electron chi connectivity index (χ4n) is 3.48. The van der Waals surface area contributed by atoms with E-state index in [-0.39, 0.29) is 32.2 Å². The Balaban J connectivity index is 1.54. The van der Waals surface area contributed by atoms with Gasteiger partial charge < -0.3 is 29.9 Å². The maximum atomic E-state index is 14.2. The normalized spacial score (nSPS) is 17.2. The Morgan fingerprint density at radius 1 is 1.21 bits per heavy atom. The predicted octanol–water partition coefficient (Wildman–Crippen LogP) is 2.48. The van der Waals surface area contributed by atoms with Crippen LogP contribution in [0.4, 0.5) is 37.1 Å². The van der Waals surface area contributed by atoms with Crippen LogP contribution in [0.15, 0.2) is 36.5 Å². The molecule has 11 nitrogen and oxygen atoms in total.